The number of nitrogens with zero attached hydrogens (tertiary/aromatic N) is 1. The van der Waals surface area contributed by atoms with Crippen molar-refractivity contribution < 1.29 is 9.84 Å². The molecule has 2 aliphatic heterocycles. The van der Waals surface area contributed by atoms with Gasteiger partial charge >= 0.3 is 0 Å². The summed E-state index contributed by atoms with van der Waals surface area (Å²) in [5, 5.41) is 13.3. The predicted molar refractivity (Wildman–Crippen MR) is 97.2 cm³/mol. The lowest BCUT2D eigenvalue weighted by molar-refractivity contribution is 0.124. The normalized spacial score (nSPS) is 26.3. The average molecular weight is 328 g/mol. The van der Waals surface area contributed by atoms with Crippen LogP contribution in [0, 0.1) is 11.3 Å². The summed E-state index contributed by atoms with van der Waals surface area (Å²) in [5.41, 5.74) is 2.51. The molecule has 130 valence electrons. The molecule has 2 atom stereocenters. The van der Waals surface area contributed by atoms with Gasteiger partial charge in [-0.05, 0) is 36.1 Å². The van der Waals surface area contributed by atoms with Crippen LogP contribution >= 0.6 is 0 Å². The van der Waals surface area contributed by atoms with Crippen LogP contribution in [-0.4, -0.2) is 49.4 Å². The standard InChI is InChI=1S/C20H28N2O2/c1-3-5-17-9-16(6-7-19(17)24-8-4-2)11-22-12-18-10-21-13-20(18,14-22)15-23/h3-4,6-7,9,18,21,23H,1-2,5,8,10-15H2. The fourth-order valence-electron chi connectivity index (χ4n) is 4.07. The first-order chi connectivity index (χ1) is 11.7. The Balaban J connectivity index is 1.70. The van der Waals surface area contributed by atoms with Gasteiger partial charge in [-0.15, -0.1) is 6.58 Å². The second-order valence-electron chi connectivity index (χ2n) is 7.05. The fourth-order valence-corrected chi connectivity index (χ4v) is 4.07. The van der Waals surface area contributed by atoms with E-state index in [1.54, 1.807) is 6.08 Å². The lowest BCUT2D eigenvalue weighted by Gasteiger charge is -2.25. The Bertz CT molecular complexity index is 601. The molecule has 2 aliphatic rings. The smallest absolute Gasteiger partial charge is 0.123 e. The highest BCUT2D eigenvalue weighted by atomic mass is 16.5. The third-order valence-electron chi connectivity index (χ3n) is 5.32. The fraction of sp³-hybridized carbons (Fsp3) is 0.500. The van der Waals surface area contributed by atoms with Gasteiger partial charge in [0.05, 0.1) is 6.61 Å². The number of rotatable bonds is 8. The Morgan fingerprint density at radius 2 is 2.25 bits per heavy atom. The molecule has 4 heteroatoms. The molecule has 1 aromatic rings. The number of benzene rings is 1. The average Bonchev–Trinajstić information content (AvgIpc) is 3.11. The number of ether oxygens (including phenoxy) is 1. The minimum Gasteiger partial charge on any atom is -0.489 e. The number of aliphatic hydroxyl groups is 1. The van der Waals surface area contributed by atoms with Crippen LogP contribution in [0.1, 0.15) is 11.1 Å². The van der Waals surface area contributed by atoms with E-state index in [4.69, 9.17) is 4.74 Å². The zero-order chi connectivity index (χ0) is 17.0. The Kier molecular flexibility index (Phi) is 5.39. The number of hydrogen-bond acceptors (Lipinski definition) is 4. The van der Waals surface area contributed by atoms with Crippen molar-refractivity contribution in [3.05, 3.63) is 54.6 Å². The van der Waals surface area contributed by atoms with E-state index in [0.29, 0.717) is 12.5 Å². The van der Waals surface area contributed by atoms with Crippen LogP contribution in [0.25, 0.3) is 0 Å². The van der Waals surface area contributed by atoms with Crippen LogP contribution < -0.4 is 10.1 Å². The van der Waals surface area contributed by atoms with E-state index in [9.17, 15) is 5.11 Å². The molecule has 2 N–H and O–H groups in total. The van der Waals surface area contributed by atoms with Crippen molar-refractivity contribution in [2.45, 2.75) is 13.0 Å². The number of fused-ring (bicyclic) bond motifs is 1. The summed E-state index contributed by atoms with van der Waals surface area (Å²) < 4.78 is 5.74. The third kappa shape index (κ3) is 3.41. The van der Waals surface area contributed by atoms with Crippen molar-refractivity contribution in [2.75, 3.05) is 39.4 Å². The van der Waals surface area contributed by atoms with Gasteiger partial charge in [0.25, 0.3) is 0 Å². The van der Waals surface area contributed by atoms with Crippen LogP contribution in [0.5, 0.6) is 5.75 Å². The highest BCUT2D eigenvalue weighted by Crippen LogP contribution is 2.39. The maximum Gasteiger partial charge on any atom is 0.123 e. The first-order valence-corrected chi connectivity index (χ1v) is 8.71. The Labute approximate surface area is 144 Å². The second-order valence-corrected chi connectivity index (χ2v) is 7.05. The molecule has 0 aromatic heterocycles. The summed E-state index contributed by atoms with van der Waals surface area (Å²) in [7, 11) is 0. The molecule has 0 aliphatic carbocycles. The zero-order valence-electron chi connectivity index (χ0n) is 14.3. The Morgan fingerprint density at radius 3 is 2.96 bits per heavy atom. The van der Waals surface area contributed by atoms with Gasteiger partial charge in [0, 0.05) is 31.6 Å². The maximum atomic E-state index is 9.84. The number of nitrogens with one attached hydrogen (secondary N) is 1. The monoisotopic (exact) mass is 328 g/mol. The largest absolute Gasteiger partial charge is 0.489 e. The van der Waals surface area contributed by atoms with E-state index in [2.05, 4.69) is 41.6 Å². The zero-order valence-corrected chi connectivity index (χ0v) is 14.3. The van der Waals surface area contributed by atoms with E-state index < -0.39 is 0 Å². The lowest BCUT2D eigenvalue weighted by atomic mass is 9.82. The SMILES string of the molecule is C=CCOc1ccc(CN2CC3CNCC3(CO)C2)cc1CC=C. The molecule has 2 saturated heterocycles. The predicted octanol–water partition coefficient (Wildman–Crippen LogP) is 1.99. The Hall–Kier alpha value is -1.62. The molecular weight excluding hydrogens is 300 g/mol. The van der Waals surface area contributed by atoms with Gasteiger partial charge in [0.2, 0.25) is 0 Å². The molecule has 0 amide bonds. The summed E-state index contributed by atoms with van der Waals surface area (Å²) >= 11 is 0. The van der Waals surface area contributed by atoms with Crippen molar-refractivity contribution in [3.8, 4) is 5.75 Å². The highest BCUT2D eigenvalue weighted by molar-refractivity contribution is 5.38. The third-order valence-corrected chi connectivity index (χ3v) is 5.32. The van der Waals surface area contributed by atoms with Gasteiger partial charge < -0.3 is 15.2 Å². The lowest BCUT2D eigenvalue weighted by Crippen LogP contribution is -2.35. The number of likely N-dealkylation sites (tertiary alicyclic amines) is 1. The van der Waals surface area contributed by atoms with E-state index in [1.165, 1.54) is 11.1 Å². The van der Waals surface area contributed by atoms with E-state index in [-0.39, 0.29) is 12.0 Å². The molecule has 24 heavy (non-hydrogen) atoms. The van der Waals surface area contributed by atoms with Crippen LogP contribution in [0.3, 0.4) is 0 Å². The highest BCUT2D eigenvalue weighted by Gasteiger charge is 2.48. The molecule has 0 spiro atoms. The van der Waals surface area contributed by atoms with Gasteiger partial charge in [-0.3, -0.25) is 4.90 Å². The molecule has 2 unspecified atom stereocenters. The summed E-state index contributed by atoms with van der Waals surface area (Å²) in [6, 6.07) is 6.42. The minimum absolute atomic E-state index is 0.0525. The van der Waals surface area contributed by atoms with Gasteiger partial charge in [-0.25, -0.2) is 0 Å². The minimum atomic E-state index is 0.0525. The van der Waals surface area contributed by atoms with Gasteiger partial charge in [-0.1, -0.05) is 30.9 Å². The van der Waals surface area contributed by atoms with E-state index in [1.807, 2.05) is 6.08 Å². The topological polar surface area (TPSA) is 44.7 Å². The Morgan fingerprint density at radius 1 is 1.38 bits per heavy atom. The van der Waals surface area contributed by atoms with E-state index in [0.717, 1.165) is 44.9 Å². The van der Waals surface area contributed by atoms with Crippen LogP contribution in [0.15, 0.2) is 43.5 Å². The molecule has 2 fully saturated rings. The van der Waals surface area contributed by atoms with Crippen molar-refractivity contribution in [1.82, 2.24) is 10.2 Å². The van der Waals surface area contributed by atoms with Crippen molar-refractivity contribution in [3.63, 3.8) is 0 Å². The first-order valence-electron chi connectivity index (χ1n) is 8.71. The molecule has 3 rings (SSSR count). The molecular formula is C20H28N2O2. The summed E-state index contributed by atoms with van der Waals surface area (Å²) in [6.45, 7) is 13.2. The van der Waals surface area contributed by atoms with Crippen LogP contribution in [0.2, 0.25) is 0 Å². The molecule has 2 heterocycles. The van der Waals surface area contributed by atoms with Crippen molar-refractivity contribution >= 4 is 0 Å². The molecule has 1 aromatic carbocycles. The van der Waals surface area contributed by atoms with E-state index >= 15 is 0 Å². The molecule has 4 nitrogen and oxygen atoms in total. The van der Waals surface area contributed by atoms with Gasteiger partial charge in [0.15, 0.2) is 0 Å². The van der Waals surface area contributed by atoms with Gasteiger partial charge in [-0.2, -0.15) is 0 Å². The number of aliphatic hydroxyl groups excluding tert-OH is 1. The summed E-state index contributed by atoms with van der Waals surface area (Å²) in [5.74, 6) is 1.47. The summed E-state index contributed by atoms with van der Waals surface area (Å²) in [4.78, 5) is 2.47. The van der Waals surface area contributed by atoms with Crippen LogP contribution in [-0.2, 0) is 13.0 Å². The number of allylic oxidation sites excluding steroid dienone is 1. The van der Waals surface area contributed by atoms with Crippen LogP contribution in [0.4, 0.5) is 0 Å². The quantitative estimate of drug-likeness (QED) is 0.717. The molecule has 0 radical (unpaired) electrons. The maximum absolute atomic E-state index is 9.84. The second kappa shape index (κ2) is 7.51. The van der Waals surface area contributed by atoms with Gasteiger partial charge in [0.1, 0.15) is 12.4 Å². The van der Waals surface area contributed by atoms with Crippen molar-refractivity contribution in [1.29, 1.82) is 0 Å². The first kappa shape index (κ1) is 17.2. The summed E-state index contributed by atoms with van der Waals surface area (Å²) in [6.07, 6.45) is 4.47. The molecule has 0 saturated carbocycles. The van der Waals surface area contributed by atoms with Crippen molar-refractivity contribution in [2.24, 2.45) is 11.3 Å². The number of hydrogen-bond donors (Lipinski definition) is 2. The molecule has 0 bridgehead atoms.